The highest BCUT2D eigenvalue weighted by Gasteiger charge is 2.06. The van der Waals surface area contributed by atoms with Crippen molar-refractivity contribution < 1.29 is 14.3 Å². The second-order valence-corrected chi connectivity index (χ2v) is 6.00. The van der Waals surface area contributed by atoms with Gasteiger partial charge in [0.15, 0.2) is 0 Å². The summed E-state index contributed by atoms with van der Waals surface area (Å²) in [6.07, 6.45) is 3.98. The lowest BCUT2D eigenvalue weighted by Gasteiger charge is -2.05. The van der Waals surface area contributed by atoms with Crippen molar-refractivity contribution in [1.29, 1.82) is 0 Å². The molecular weight excluding hydrogens is 370 g/mol. The van der Waals surface area contributed by atoms with Gasteiger partial charge in [0.2, 0.25) is 5.91 Å². The molecule has 0 aromatic heterocycles. The summed E-state index contributed by atoms with van der Waals surface area (Å²) < 4.78 is 6.04. The fourth-order valence-electron chi connectivity index (χ4n) is 1.90. The number of halogens is 1. The molecule has 0 aliphatic rings. The van der Waals surface area contributed by atoms with Gasteiger partial charge in [0, 0.05) is 16.2 Å². The Morgan fingerprint density at radius 1 is 1.08 bits per heavy atom. The fourth-order valence-corrected chi connectivity index (χ4v) is 2.16. The molecule has 2 aromatic carbocycles. The van der Waals surface area contributed by atoms with Crippen LogP contribution < -0.4 is 5.32 Å². The van der Waals surface area contributed by atoms with Crippen molar-refractivity contribution in [2.45, 2.75) is 13.3 Å². The molecule has 0 bridgehead atoms. The average Bonchev–Trinajstić information content (AvgIpc) is 2.60. The first kappa shape index (κ1) is 17.9. The van der Waals surface area contributed by atoms with Crippen LogP contribution in [0.2, 0.25) is 0 Å². The van der Waals surface area contributed by atoms with E-state index in [1.165, 1.54) is 6.08 Å². The van der Waals surface area contributed by atoms with Crippen LogP contribution in [0.5, 0.6) is 0 Å². The Labute approximate surface area is 149 Å². The Balaban J connectivity index is 1.92. The highest BCUT2D eigenvalue weighted by Crippen LogP contribution is 2.13. The number of benzene rings is 2. The van der Waals surface area contributed by atoms with Crippen molar-refractivity contribution in [3.05, 3.63) is 70.2 Å². The lowest BCUT2D eigenvalue weighted by molar-refractivity contribution is -0.111. The van der Waals surface area contributed by atoms with Crippen LogP contribution in [0.1, 0.15) is 29.3 Å². The van der Waals surface area contributed by atoms with Crippen molar-refractivity contribution in [3.8, 4) is 0 Å². The lowest BCUT2D eigenvalue weighted by Crippen LogP contribution is -2.09. The van der Waals surface area contributed by atoms with Crippen LogP contribution in [0.15, 0.2) is 59.1 Å². The number of carbonyl (C=O) groups excluding carboxylic acids is 2. The predicted molar refractivity (Wildman–Crippen MR) is 98.8 cm³/mol. The Hall–Kier alpha value is -2.40. The van der Waals surface area contributed by atoms with Gasteiger partial charge < -0.3 is 10.1 Å². The maximum Gasteiger partial charge on any atom is 0.338 e. The smallest absolute Gasteiger partial charge is 0.338 e. The summed E-state index contributed by atoms with van der Waals surface area (Å²) in [7, 11) is 0. The molecular formula is C19H18BrNO3. The molecule has 124 valence electrons. The van der Waals surface area contributed by atoms with Gasteiger partial charge in [-0.2, -0.15) is 0 Å². The summed E-state index contributed by atoms with van der Waals surface area (Å²) in [6, 6.07) is 14.2. The minimum atomic E-state index is -0.357. The molecule has 4 nitrogen and oxygen atoms in total. The number of anilines is 1. The average molecular weight is 388 g/mol. The van der Waals surface area contributed by atoms with Gasteiger partial charge in [0.25, 0.3) is 0 Å². The Morgan fingerprint density at radius 2 is 1.75 bits per heavy atom. The molecule has 2 aromatic rings. The van der Waals surface area contributed by atoms with Crippen LogP contribution in [0.4, 0.5) is 5.69 Å². The molecule has 0 saturated heterocycles. The predicted octanol–water partition coefficient (Wildman–Crippen LogP) is 4.67. The zero-order valence-corrected chi connectivity index (χ0v) is 14.9. The molecule has 0 aliphatic carbocycles. The van der Waals surface area contributed by atoms with Crippen LogP contribution in [0.3, 0.4) is 0 Å². The summed E-state index contributed by atoms with van der Waals surface area (Å²) in [5.74, 6) is -0.593. The van der Waals surface area contributed by atoms with Crippen LogP contribution in [0.25, 0.3) is 6.08 Å². The zero-order valence-electron chi connectivity index (χ0n) is 13.3. The molecule has 0 heterocycles. The monoisotopic (exact) mass is 387 g/mol. The molecule has 1 amide bonds. The van der Waals surface area contributed by atoms with Crippen molar-refractivity contribution in [1.82, 2.24) is 0 Å². The number of nitrogens with one attached hydrogen (secondary N) is 1. The number of amides is 1. The topological polar surface area (TPSA) is 55.4 Å². The van der Waals surface area contributed by atoms with Crippen molar-refractivity contribution >= 4 is 39.6 Å². The largest absolute Gasteiger partial charge is 0.462 e. The second-order valence-electron chi connectivity index (χ2n) is 5.09. The number of carbonyl (C=O) groups is 2. The maximum absolute atomic E-state index is 11.9. The summed E-state index contributed by atoms with van der Waals surface area (Å²) >= 11 is 3.36. The van der Waals surface area contributed by atoms with E-state index in [0.717, 1.165) is 16.5 Å². The molecule has 0 radical (unpaired) electrons. The summed E-state index contributed by atoms with van der Waals surface area (Å²) in [6.45, 7) is 2.34. The van der Waals surface area contributed by atoms with Crippen molar-refractivity contribution in [2.24, 2.45) is 0 Å². The quantitative estimate of drug-likeness (QED) is 0.578. The van der Waals surface area contributed by atoms with E-state index in [9.17, 15) is 9.59 Å². The first-order valence-electron chi connectivity index (χ1n) is 7.60. The Bertz CT molecular complexity index is 721. The van der Waals surface area contributed by atoms with Gasteiger partial charge in [0.1, 0.15) is 0 Å². The Kier molecular flexibility index (Phi) is 6.75. The summed E-state index contributed by atoms with van der Waals surface area (Å²) in [5.41, 5.74) is 2.02. The van der Waals surface area contributed by atoms with E-state index in [2.05, 4.69) is 21.2 Å². The first-order chi connectivity index (χ1) is 11.6. The normalized spacial score (nSPS) is 10.6. The number of rotatable bonds is 6. The van der Waals surface area contributed by atoms with Gasteiger partial charge in [-0.1, -0.05) is 35.0 Å². The van der Waals surface area contributed by atoms with Crippen LogP contribution >= 0.6 is 15.9 Å². The molecule has 1 N–H and O–H groups in total. The number of hydrogen-bond acceptors (Lipinski definition) is 3. The van der Waals surface area contributed by atoms with Crippen molar-refractivity contribution in [3.63, 3.8) is 0 Å². The molecule has 0 spiro atoms. The third kappa shape index (κ3) is 5.66. The lowest BCUT2D eigenvalue weighted by atomic mass is 10.2. The maximum atomic E-state index is 11.9. The third-order valence-corrected chi connectivity index (χ3v) is 3.65. The number of hydrogen-bond donors (Lipinski definition) is 1. The van der Waals surface area contributed by atoms with Gasteiger partial charge in [-0.05, 0) is 54.5 Å². The molecule has 0 saturated carbocycles. The highest BCUT2D eigenvalue weighted by atomic mass is 79.9. The van der Waals surface area contributed by atoms with E-state index < -0.39 is 0 Å². The molecule has 2 rings (SSSR count). The number of esters is 1. The van der Waals surface area contributed by atoms with Crippen LogP contribution in [-0.2, 0) is 9.53 Å². The van der Waals surface area contributed by atoms with E-state index in [1.807, 2.05) is 31.2 Å². The molecule has 0 unspecified atom stereocenters. The summed E-state index contributed by atoms with van der Waals surface area (Å²) in [4.78, 5) is 23.6. The van der Waals surface area contributed by atoms with E-state index in [0.29, 0.717) is 17.9 Å². The van der Waals surface area contributed by atoms with Crippen molar-refractivity contribution in [2.75, 3.05) is 11.9 Å². The zero-order chi connectivity index (χ0) is 17.4. The van der Waals surface area contributed by atoms with Gasteiger partial charge >= 0.3 is 5.97 Å². The number of ether oxygens (including phenoxy) is 1. The SMILES string of the molecule is CCCOC(=O)c1ccc(NC(=O)/C=C\c2ccc(Br)cc2)cc1. The van der Waals surface area contributed by atoms with E-state index in [4.69, 9.17) is 4.74 Å². The van der Waals surface area contributed by atoms with Crippen LogP contribution in [-0.4, -0.2) is 18.5 Å². The Morgan fingerprint density at radius 3 is 2.38 bits per heavy atom. The molecule has 0 fully saturated rings. The standard InChI is InChI=1S/C19H18BrNO3/c1-2-13-24-19(23)15-6-10-17(11-7-15)21-18(22)12-5-14-3-8-16(20)9-4-14/h3-12H,2,13H2,1H3,(H,21,22)/b12-5-. The van der Waals surface area contributed by atoms with E-state index >= 15 is 0 Å². The third-order valence-electron chi connectivity index (χ3n) is 3.12. The molecule has 24 heavy (non-hydrogen) atoms. The minimum Gasteiger partial charge on any atom is -0.462 e. The van der Waals surface area contributed by atoms with Gasteiger partial charge in [0.05, 0.1) is 12.2 Å². The van der Waals surface area contributed by atoms with Gasteiger partial charge in [-0.3, -0.25) is 4.79 Å². The highest BCUT2D eigenvalue weighted by molar-refractivity contribution is 9.10. The second kappa shape index (κ2) is 9.03. The first-order valence-corrected chi connectivity index (χ1v) is 8.39. The fraction of sp³-hybridized carbons (Fsp3) is 0.158. The van der Waals surface area contributed by atoms with E-state index in [1.54, 1.807) is 30.3 Å². The molecule has 0 aliphatic heterocycles. The summed E-state index contributed by atoms with van der Waals surface area (Å²) in [5, 5.41) is 2.75. The minimum absolute atomic E-state index is 0.237. The molecule has 0 atom stereocenters. The van der Waals surface area contributed by atoms with Gasteiger partial charge in [-0.15, -0.1) is 0 Å². The van der Waals surface area contributed by atoms with E-state index in [-0.39, 0.29) is 11.9 Å². The molecule has 5 heteroatoms. The van der Waals surface area contributed by atoms with Crippen LogP contribution in [0, 0.1) is 0 Å². The van der Waals surface area contributed by atoms with Gasteiger partial charge in [-0.25, -0.2) is 4.79 Å².